The molecule has 0 saturated carbocycles. The maximum absolute atomic E-state index is 12.3. The summed E-state index contributed by atoms with van der Waals surface area (Å²) in [7, 11) is 0. The van der Waals surface area contributed by atoms with E-state index in [1.165, 1.54) is 6.20 Å². The molecule has 0 bridgehead atoms. The summed E-state index contributed by atoms with van der Waals surface area (Å²) in [6.07, 6.45) is 1.26. The molecule has 0 aliphatic rings. The van der Waals surface area contributed by atoms with Crippen LogP contribution in [0.5, 0.6) is 0 Å². The molecule has 1 rings (SSSR count). The molecule has 1 aromatic rings. The minimum Gasteiger partial charge on any atom is -0.296 e. The Labute approximate surface area is 89.2 Å². The molecule has 8 heteroatoms. The maximum atomic E-state index is 12.3. The molecule has 0 aliphatic heterocycles. The first kappa shape index (κ1) is 10.8. The second kappa shape index (κ2) is 3.85. The van der Waals surface area contributed by atoms with Crippen molar-refractivity contribution in [3.63, 3.8) is 0 Å². The second-order valence-electron chi connectivity index (χ2n) is 1.92. The predicted molar refractivity (Wildman–Crippen MR) is 49.6 cm³/mol. The summed E-state index contributed by atoms with van der Waals surface area (Å²) in [6, 6.07) is 0. The van der Waals surface area contributed by atoms with E-state index in [0.29, 0.717) is 4.34 Å². The van der Waals surface area contributed by atoms with Crippen molar-refractivity contribution in [2.45, 2.75) is 4.83 Å². The van der Waals surface area contributed by atoms with Crippen LogP contribution in [0, 0.1) is 0 Å². The van der Waals surface area contributed by atoms with E-state index in [2.05, 4.69) is 4.98 Å². The van der Waals surface area contributed by atoms with Crippen LogP contribution in [0.1, 0.15) is 0 Å². The molecular weight excluding hydrogens is 289 g/mol. The molecule has 0 saturated heterocycles. The van der Waals surface area contributed by atoms with Crippen LogP contribution in [0.25, 0.3) is 0 Å². The molecule has 1 N–H and O–H groups in total. The molecule has 1 aromatic heterocycles. The van der Waals surface area contributed by atoms with Crippen LogP contribution in [-0.2, 0) is 4.79 Å². The third kappa shape index (κ3) is 3.17. The fourth-order valence-electron chi connectivity index (χ4n) is 0.480. The van der Waals surface area contributed by atoms with E-state index in [1.807, 2.05) is 21.2 Å². The summed E-state index contributed by atoms with van der Waals surface area (Å²) >= 11 is 8.27. The van der Waals surface area contributed by atoms with Crippen molar-refractivity contribution >= 4 is 49.9 Å². The number of hydrogen-bond donors (Lipinski definition) is 1. The van der Waals surface area contributed by atoms with Crippen molar-refractivity contribution in [2.75, 3.05) is 5.32 Å². The molecule has 13 heavy (non-hydrogen) atoms. The van der Waals surface area contributed by atoms with Crippen LogP contribution in [0.2, 0.25) is 4.34 Å². The van der Waals surface area contributed by atoms with Gasteiger partial charge in [0.15, 0.2) is 5.13 Å². The molecule has 0 atom stereocenters. The molecule has 0 spiro atoms. The Kier molecular flexibility index (Phi) is 3.20. The number of carbonyl (C=O) groups is 1. The smallest absolute Gasteiger partial charge is 0.296 e. The minimum absolute atomic E-state index is 0.0362. The van der Waals surface area contributed by atoms with Crippen molar-refractivity contribution in [2.24, 2.45) is 0 Å². The van der Waals surface area contributed by atoms with Crippen LogP contribution in [0.4, 0.5) is 13.9 Å². The van der Waals surface area contributed by atoms with Crippen LogP contribution < -0.4 is 5.32 Å². The molecule has 0 radical (unpaired) electrons. The zero-order valence-corrected chi connectivity index (χ0v) is 9.01. The summed E-state index contributed by atoms with van der Waals surface area (Å²) in [5.41, 5.74) is 0. The first-order chi connectivity index (χ1) is 5.89. The van der Waals surface area contributed by atoms with Crippen molar-refractivity contribution in [3.8, 4) is 0 Å². The molecule has 1 amide bonds. The summed E-state index contributed by atoms with van der Waals surface area (Å²) in [5.74, 6) is -1.47. The Morgan fingerprint density at radius 1 is 1.77 bits per heavy atom. The Hall–Kier alpha value is -0.270. The molecular formula is C5H2BrClF2N2OS. The van der Waals surface area contributed by atoms with E-state index >= 15 is 0 Å². The van der Waals surface area contributed by atoms with E-state index in [4.69, 9.17) is 11.6 Å². The molecule has 0 aliphatic carbocycles. The highest BCUT2D eigenvalue weighted by Gasteiger charge is 2.35. The number of aromatic nitrogens is 1. The van der Waals surface area contributed by atoms with Gasteiger partial charge < -0.3 is 0 Å². The normalized spacial score (nSPS) is 11.4. The van der Waals surface area contributed by atoms with Gasteiger partial charge >= 0.3 is 10.7 Å². The Morgan fingerprint density at radius 3 is 2.77 bits per heavy atom. The van der Waals surface area contributed by atoms with Gasteiger partial charge in [0.05, 0.1) is 6.20 Å². The van der Waals surface area contributed by atoms with Gasteiger partial charge in [-0.05, 0) is 0 Å². The fourth-order valence-corrected chi connectivity index (χ4v) is 1.39. The number of amides is 1. The minimum atomic E-state index is -3.59. The van der Waals surface area contributed by atoms with E-state index in [-0.39, 0.29) is 5.13 Å². The summed E-state index contributed by atoms with van der Waals surface area (Å²) in [6.45, 7) is 0. The Bertz CT molecular complexity index is 327. The van der Waals surface area contributed by atoms with Gasteiger partial charge in [-0.15, -0.1) is 0 Å². The SMILES string of the molecule is O=C(Nc1ncc(Cl)s1)C(F)(F)Br. The quantitative estimate of drug-likeness (QED) is 0.851. The first-order valence-electron chi connectivity index (χ1n) is 2.89. The number of carbonyl (C=O) groups excluding carboxylic acids is 1. The Balaban J connectivity index is 2.65. The monoisotopic (exact) mass is 290 g/mol. The molecule has 0 unspecified atom stereocenters. The van der Waals surface area contributed by atoms with Crippen LogP contribution in [0.15, 0.2) is 6.20 Å². The van der Waals surface area contributed by atoms with Gasteiger partial charge in [-0.25, -0.2) is 4.98 Å². The van der Waals surface area contributed by atoms with Crippen LogP contribution in [-0.4, -0.2) is 15.7 Å². The second-order valence-corrected chi connectivity index (χ2v) is 4.58. The molecule has 1 heterocycles. The van der Waals surface area contributed by atoms with E-state index in [0.717, 1.165) is 11.3 Å². The standard InChI is InChI=1S/C5H2BrClF2N2OS/c6-5(8,9)3(12)11-4-10-1-2(7)13-4/h1H,(H,10,11,12). The third-order valence-corrected chi connectivity index (χ3v) is 2.35. The van der Waals surface area contributed by atoms with Crippen molar-refractivity contribution < 1.29 is 13.6 Å². The van der Waals surface area contributed by atoms with E-state index in [9.17, 15) is 13.6 Å². The number of nitrogens with zero attached hydrogens (tertiary/aromatic N) is 1. The zero-order valence-electron chi connectivity index (χ0n) is 5.85. The number of hydrogen-bond acceptors (Lipinski definition) is 3. The molecule has 72 valence electrons. The summed E-state index contributed by atoms with van der Waals surface area (Å²) in [4.78, 5) is 10.6. The largest absolute Gasteiger partial charge is 0.378 e. The van der Waals surface area contributed by atoms with Gasteiger partial charge in [-0.3, -0.25) is 10.1 Å². The maximum Gasteiger partial charge on any atom is 0.378 e. The van der Waals surface area contributed by atoms with Crippen LogP contribution >= 0.6 is 38.9 Å². The number of halogens is 4. The van der Waals surface area contributed by atoms with E-state index < -0.39 is 10.7 Å². The van der Waals surface area contributed by atoms with Gasteiger partial charge in [0, 0.05) is 15.9 Å². The Morgan fingerprint density at radius 2 is 2.38 bits per heavy atom. The number of thiazole rings is 1. The number of alkyl halides is 3. The lowest BCUT2D eigenvalue weighted by molar-refractivity contribution is -0.128. The lowest BCUT2D eigenvalue weighted by Crippen LogP contribution is -2.28. The third-order valence-electron chi connectivity index (χ3n) is 0.955. The van der Waals surface area contributed by atoms with Crippen molar-refractivity contribution in [1.29, 1.82) is 0 Å². The highest BCUT2D eigenvalue weighted by atomic mass is 79.9. The highest BCUT2D eigenvalue weighted by molar-refractivity contribution is 9.10. The molecule has 0 fully saturated rings. The summed E-state index contributed by atoms with van der Waals surface area (Å²) < 4.78 is 24.8. The average molecular weight is 292 g/mol. The number of rotatable bonds is 2. The van der Waals surface area contributed by atoms with Crippen molar-refractivity contribution in [3.05, 3.63) is 10.5 Å². The molecule has 0 aromatic carbocycles. The number of nitrogens with one attached hydrogen (secondary N) is 1. The average Bonchev–Trinajstić information content (AvgIpc) is 2.33. The van der Waals surface area contributed by atoms with Gasteiger partial charge in [0.1, 0.15) is 4.34 Å². The van der Waals surface area contributed by atoms with Gasteiger partial charge in [0.2, 0.25) is 0 Å². The zero-order chi connectivity index (χ0) is 10.1. The van der Waals surface area contributed by atoms with Crippen molar-refractivity contribution in [1.82, 2.24) is 4.98 Å². The van der Waals surface area contributed by atoms with Gasteiger partial charge in [-0.2, -0.15) is 8.78 Å². The predicted octanol–water partition coefficient (Wildman–Crippen LogP) is 2.72. The highest BCUT2D eigenvalue weighted by Crippen LogP contribution is 2.27. The summed E-state index contributed by atoms with van der Waals surface area (Å²) in [5, 5.41) is 1.93. The van der Waals surface area contributed by atoms with E-state index in [1.54, 1.807) is 0 Å². The lowest BCUT2D eigenvalue weighted by Gasteiger charge is -2.05. The lowest BCUT2D eigenvalue weighted by atomic mass is 10.6. The van der Waals surface area contributed by atoms with Gasteiger partial charge in [0.25, 0.3) is 0 Å². The molecule has 3 nitrogen and oxygen atoms in total. The number of anilines is 1. The first-order valence-corrected chi connectivity index (χ1v) is 4.88. The van der Waals surface area contributed by atoms with Crippen LogP contribution in [0.3, 0.4) is 0 Å². The topological polar surface area (TPSA) is 42.0 Å². The van der Waals surface area contributed by atoms with Gasteiger partial charge in [-0.1, -0.05) is 22.9 Å². The fraction of sp³-hybridized carbons (Fsp3) is 0.200.